The maximum absolute atomic E-state index is 13.9. The molecular formula is C20H18FN5O. The summed E-state index contributed by atoms with van der Waals surface area (Å²) < 4.78 is 19.3. The topological polar surface area (TPSA) is 66.1 Å². The molecule has 27 heavy (non-hydrogen) atoms. The molecule has 4 aromatic rings. The van der Waals surface area contributed by atoms with E-state index in [2.05, 4.69) is 25.2 Å². The molecule has 1 saturated heterocycles. The van der Waals surface area contributed by atoms with E-state index in [1.807, 2.05) is 24.4 Å². The second kappa shape index (κ2) is 6.51. The highest BCUT2D eigenvalue weighted by Crippen LogP contribution is 2.31. The van der Waals surface area contributed by atoms with Crippen LogP contribution in [0, 0.1) is 5.82 Å². The molecule has 0 amide bonds. The van der Waals surface area contributed by atoms with E-state index in [4.69, 9.17) is 4.74 Å². The van der Waals surface area contributed by atoms with Crippen LogP contribution in [0.5, 0.6) is 0 Å². The zero-order chi connectivity index (χ0) is 18.2. The van der Waals surface area contributed by atoms with Crippen LogP contribution >= 0.6 is 0 Å². The van der Waals surface area contributed by atoms with E-state index in [9.17, 15) is 4.39 Å². The minimum Gasteiger partial charge on any atom is -0.378 e. The molecule has 0 spiro atoms. The standard InChI is InChI=1S/C20H18FN5O/c21-13-1-3-17(18(11-13)26-7-9-27-10-8-26)23-19-4-2-14-15-12-22-6-5-16(15)24-20(14)25-19/h1-6,11-12H,7-10H2,(H2,23,24,25). The van der Waals surface area contributed by atoms with Crippen LogP contribution in [0.15, 0.2) is 48.8 Å². The molecule has 5 rings (SSSR count). The van der Waals surface area contributed by atoms with Crippen molar-refractivity contribution in [1.29, 1.82) is 0 Å². The number of pyridine rings is 2. The number of hydrogen-bond acceptors (Lipinski definition) is 5. The molecule has 4 heterocycles. The van der Waals surface area contributed by atoms with Crippen molar-refractivity contribution in [3.63, 3.8) is 0 Å². The molecule has 3 aromatic heterocycles. The Hall–Kier alpha value is -3.19. The average Bonchev–Trinajstić information content (AvgIpc) is 3.08. The molecule has 1 aliphatic rings. The number of morpholine rings is 1. The SMILES string of the molecule is Fc1ccc(Nc2ccc3c(n2)[nH]c2ccncc23)c(N2CCOCC2)c1. The molecule has 2 N–H and O–H groups in total. The van der Waals surface area contributed by atoms with Crippen LogP contribution in [0.2, 0.25) is 0 Å². The van der Waals surface area contributed by atoms with Gasteiger partial charge in [0, 0.05) is 36.3 Å². The molecule has 0 saturated carbocycles. The minimum atomic E-state index is -0.256. The lowest BCUT2D eigenvalue weighted by Crippen LogP contribution is -2.36. The first-order chi connectivity index (χ1) is 13.3. The molecule has 0 atom stereocenters. The van der Waals surface area contributed by atoms with Crippen LogP contribution in [-0.4, -0.2) is 41.3 Å². The number of fused-ring (bicyclic) bond motifs is 3. The van der Waals surface area contributed by atoms with Crippen molar-refractivity contribution in [3.05, 3.63) is 54.6 Å². The predicted molar refractivity (Wildman–Crippen MR) is 104 cm³/mol. The molecule has 6 nitrogen and oxygen atoms in total. The van der Waals surface area contributed by atoms with E-state index in [0.717, 1.165) is 46.4 Å². The molecule has 7 heteroatoms. The van der Waals surface area contributed by atoms with Gasteiger partial charge in [0.2, 0.25) is 0 Å². The Kier molecular flexibility index (Phi) is 3.86. The highest BCUT2D eigenvalue weighted by atomic mass is 19.1. The summed E-state index contributed by atoms with van der Waals surface area (Å²) >= 11 is 0. The number of aromatic amines is 1. The summed E-state index contributed by atoms with van der Waals surface area (Å²) in [6.45, 7) is 2.76. The smallest absolute Gasteiger partial charge is 0.140 e. The maximum Gasteiger partial charge on any atom is 0.140 e. The van der Waals surface area contributed by atoms with Crippen LogP contribution in [0.1, 0.15) is 0 Å². The molecule has 0 bridgehead atoms. The van der Waals surface area contributed by atoms with Crippen LogP contribution in [0.25, 0.3) is 21.9 Å². The zero-order valence-electron chi connectivity index (χ0n) is 14.6. The average molecular weight is 363 g/mol. The fourth-order valence-electron chi connectivity index (χ4n) is 3.50. The van der Waals surface area contributed by atoms with Crippen molar-refractivity contribution in [2.75, 3.05) is 36.5 Å². The van der Waals surface area contributed by atoms with Gasteiger partial charge in [-0.15, -0.1) is 0 Å². The summed E-state index contributed by atoms with van der Waals surface area (Å²) in [5, 5.41) is 5.41. The van der Waals surface area contributed by atoms with Gasteiger partial charge in [-0.1, -0.05) is 0 Å². The van der Waals surface area contributed by atoms with Crippen molar-refractivity contribution in [2.24, 2.45) is 0 Å². The Morgan fingerprint density at radius 3 is 2.85 bits per heavy atom. The van der Waals surface area contributed by atoms with Gasteiger partial charge >= 0.3 is 0 Å². The molecule has 0 unspecified atom stereocenters. The van der Waals surface area contributed by atoms with Gasteiger partial charge in [-0.05, 0) is 36.4 Å². The third-order valence-electron chi connectivity index (χ3n) is 4.83. The van der Waals surface area contributed by atoms with Crippen molar-refractivity contribution in [3.8, 4) is 0 Å². The predicted octanol–water partition coefficient (Wildman–Crippen LogP) is 3.83. The highest BCUT2D eigenvalue weighted by molar-refractivity contribution is 6.05. The molecule has 136 valence electrons. The lowest BCUT2D eigenvalue weighted by Gasteiger charge is -2.30. The zero-order valence-corrected chi connectivity index (χ0v) is 14.6. The first kappa shape index (κ1) is 16.0. The van der Waals surface area contributed by atoms with Gasteiger partial charge in [-0.2, -0.15) is 0 Å². The number of anilines is 3. The number of H-pyrrole nitrogens is 1. The fraction of sp³-hybridized carbons (Fsp3) is 0.200. The van der Waals surface area contributed by atoms with E-state index in [0.29, 0.717) is 19.0 Å². The molecule has 1 aromatic carbocycles. The van der Waals surface area contributed by atoms with Gasteiger partial charge in [-0.3, -0.25) is 4.98 Å². The third-order valence-corrected chi connectivity index (χ3v) is 4.83. The number of nitrogens with zero attached hydrogens (tertiary/aromatic N) is 3. The lowest BCUT2D eigenvalue weighted by atomic mass is 10.2. The van der Waals surface area contributed by atoms with Crippen LogP contribution < -0.4 is 10.2 Å². The van der Waals surface area contributed by atoms with Gasteiger partial charge in [-0.25, -0.2) is 9.37 Å². The third kappa shape index (κ3) is 2.96. The van der Waals surface area contributed by atoms with Gasteiger partial charge in [0.25, 0.3) is 0 Å². The largest absolute Gasteiger partial charge is 0.378 e. The number of hydrogen-bond donors (Lipinski definition) is 2. The van der Waals surface area contributed by atoms with E-state index < -0.39 is 0 Å². The number of rotatable bonds is 3. The normalized spacial score (nSPS) is 14.8. The van der Waals surface area contributed by atoms with Crippen molar-refractivity contribution < 1.29 is 9.13 Å². The van der Waals surface area contributed by atoms with Crippen molar-refractivity contribution >= 4 is 39.1 Å². The second-order valence-electron chi connectivity index (χ2n) is 6.52. The van der Waals surface area contributed by atoms with E-state index >= 15 is 0 Å². The van der Waals surface area contributed by atoms with Crippen LogP contribution in [0.3, 0.4) is 0 Å². The van der Waals surface area contributed by atoms with E-state index in [1.54, 1.807) is 18.3 Å². The molecular weight excluding hydrogens is 345 g/mol. The summed E-state index contributed by atoms with van der Waals surface area (Å²) in [5.41, 5.74) is 3.43. The van der Waals surface area contributed by atoms with Gasteiger partial charge in [0.15, 0.2) is 0 Å². The number of aromatic nitrogens is 3. The van der Waals surface area contributed by atoms with Crippen LogP contribution in [0.4, 0.5) is 21.6 Å². The van der Waals surface area contributed by atoms with Gasteiger partial charge < -0.3 is 19.9 Å². The number of benzene rings is 1. The summed E-state index contributed by atoms with van der Waals surface area (Å²) in [5.74, 6) is 0.441. The summed E-state index contributed by atoms with van der Waals surface area (Å²) in [6, 6.07) is 10.6. The summed E-state index contributed by atoms with van der Waals surface area (Å²) in [6.07, 6.45) is 3.59. The maximum atomic E-state index is 13.9. The molecule has 0 radical (unpaired) electrons. The second-order valence-corrected chi connectivity index (χ2v) is 6.52. The van der Waals surface area contributed by atoms with Crippen molar-refractivity contribution in [1.82, 2.24) is 15.0 Å². The fourth-order valence-corrected chi connectivity index (χ4v) is 3.50. The van der Waals surface area contributed by atoms with Crippen LogP contribution in [-0.2, 0) is 4.74 Å². The van der Waals surface area contributed by atoms with E-state index in [-0.39, 0.29) is 5.82 Å². The summed E-state index contributed by atoms with van der Waals surface area (Å²) in [4.78, 5) is 14.3. The minimum absolute atomic E-state index is 0.256. The van der Waals surface area contributed by atoms with Crippen molar-refractivity contribution in [2.45, 2.75) is 0 Å². The first-order valence-electron chi connectivity index (χ1n) is 8.90. The van der Waals surface area contributed by atoms with E-state index in [1.165, 1.54) is 6.07 Å². The Bertz CT molecular complexity index is 1120. The Morgan fingerprint density at radius 1 is 1.07 bits per heavy atom. The Balaban J connectivity index is 1.52. The summed E-state index contributed by atoms with van der Waals surface area (Å²) in [7, 11) is 0. The molecule has 1 fully saturated rings. The Morgan fingerprint density at radius 2 is 1.96 bits per heavy atom. The monoisotopic (exact) mass is 363 g/mol. The highest BCUT2D eigenvalue weighted by Gasteiger charge is 2.16. The number of halogens is 1. The van der Waals surface area contributed by atoms with Gasteiger partial charge in [0.1, 0.15) is 17.3 Å². The van der Waals surface area contributed by atoms with Gasteiger partial charge in [0.05, 0.1) is 30.1 Å². The molecule has 0 aliphatic carbocycles. The first-order valence-corrected chi connectivity index (χ1v) is 8.90. The lowest BCUT2D eigenvalue weighted by molar-refractivity contribution is 0.122. The quantitative estimate of drug-likeness (QED) is 0.579. The molecule has 1 aliphatic heterocycles. The number of ether oxygens (including phenoxy) is 1. The Labute approximate surface area is 155 Å². The number of nitrogens with one attached hydrogen (secondary N) is 2.